The van der Waals surface area contributed by atoms with Crippen molar-refractivity contribution in [3.8, 4) is 5.69 Å². The number of carbonyl (C=O) groups excluding carboxylic acids is 1. The molecule has 1 aliphatic carbocycles. The fourth-order valence-corrected chi connectivity index (χ4v) is 2.65. The van der Waals surface area contributed by atoms with Crippen LogP contribution in [0.3, 0.4) is 0 Å². The van der Waals surface area contributed by atoms with Crippen LogP contribution in [-0.4, -0.2) is 16.5 Å². The molecule has 1 fully saturated rings. The fourth-order valence-electron chi connectivity index (χ4n) is 2.65. The minimum absolute atomic E-state index is 0.0425. The second-order valence-electron chi connectivity index (χ2n) is 5.10. The average molecular weight is 254 g/mol. The first-order valence-corrected chi connectivity index (χ1v) is 6.87. The zero-order chi connectivity index (χ0) is 13.1. The highest BCUT2D eigenvalue weighted by atomic mass is 16.1. The van der Waals surface area contributed by atoms with E-state index in [0.717, 1.165) is 24.1 Å². The summed E-state index contributed by atoms with van der Waals surface area (Å²) in [5.74, 6) is 0.0425. The number of nitrogens with one attached hydrogen (secondary N) is 1. The van der Waals surface area contributed by atoms with Crippen LogP contribution >= 0.6 is 0 Å². The van der Waals surface area contributed by atoms with Gasteiger partial charge in [-0.25, -0.2) is 0 Å². The van der Waals surface area contributed by atoms with Gasteiger partial charge in [-0.05, 0) is 43.2 Å². The Morgan fingerprint density at radius 3 is 2.58 bits per heavy atom. The van der Waals surface area contributed by atoms with Crippen LogP contribution in [0, 0.1) is 0 Å². The Hall–Kier alpha value is -2.03. The van der Waals surface area contributed by atoms with Gasteiger partial charge in [0.2, 0.25) is 0 Å². The fraction of sp³-hybridized carbons (Fsp3) is 0.312. The molecule has 1 amide bonds. The van der Waals surface area contributed by atoms with Crippen LogP contribution in [0.25, 0.3) is 5.69 Å². The maximum Gasteiger partial charge on any atom is 0.251 e. The van der Waals surface area contributed by atoms with Gasteiger partial charge in [0.25, 0.3) is 5.91 Å². The van der Waals surface area contributed by atoms with Crippen LogP contribution in [0.15, 0.2) is 48.8 Å². The molecule has 3 heteroatoms. The Morgan fingerprint density at radius 2 is 1.84 bits per heavy atom. The first-order chi connectivity index (χ1) is 9.33. The quantitative estimate of drug-likeness (QED) is 0.897. The number of amides is 1. The molecule has 1 heterocycles. The Labute approximate surface area is 113 Å². The highest BCUT2D eigenvalue weighted by molar-refractivity contribution is 5.94. The molecular formula is C16H18N2O. The maximum absolute atomic E-state index is 12.2. The summed E-state index contributed by atoms with van der Waals surface area (Å²) < 4.78 is 2.01. The van der Waals surface area contributed by atoms with Gasteiger partial charge in [-0.1, -0.05) is 18.9 Å². The zero-order valence-corrected chi connectivity index (χ0v) is 10.9. The summed E-state index contributed by atoms with van der Waals surface area (Å²) in [6.07, 6.45) is 8.65. The van der Waals surface area contributed by atoms with Crippen molar-refractivity contribution >= 4 is 5.91 Å². The number of rotatable bonds is 3. The first-order valence-electron chi connectivity index (χ1n) is 6.87. The largest absolute Gasteiger partial charge is 0.349 e. The van der Waals surface area contributed by atoms with Gasteiger partial charge in [0.05, 0.1) is 0 Å². The van der Waals surface area contributed by atoms with Gasteiger partial charge in [-0.3, -0.25) is 4.79 Å². The predicted molar refractivity (Wildman–Crippen MR) is 75.5 cm³/mol. The predicted octanol–water partition coefficient (Wildman–Crippen LogP) is 3.15. The molecule has 0 radical (unpaired) electrons. The molecule has 1 aromatic carbocycles. The molecule has 0 atom stereocenters. The minimum Gasteiger partial charge on any atom is -0.349 e. The number of hydrogen-bond acceptors (Lipinski definition) is 1. The van der Waals surface area contributed by atoms with Crippen LogP contribution in [0.4, 0.5) is 0 Å². The van der Waals surface area contributed by atoms with Gasteiger partial charge in [0, 0.05) is 29.7 Å². The zero-order valence-electron chi connectivity index (χ0n) is 10.9. The molecule has 1 saturated carbocycles. The van der Waals surface area contributed by atoms with Crippen LogP contribution in [0.1, 0.15) is 36.0 Å². The van der Waals surface area contributed by atoms with E-state index in [1.54, 1.807) is 0 Å². The molecule has 0 bridgehead atoms. The van der Waals surface area contributed by atoms with E-state index in [2.05, 4.69) is 5.32 Å². The lowest BCUT2D eigenvalue weighted by atomic mass is 10.1. The molecule has 2 aromatic rings. The van der Waals surface area contributed by atoms with E-state index in [-0.39, 0.29) is 5.91 Å². The molecule has 0 aliphatic heterocycles. The number of carbonyl (C=O) groups is 1. The average Bonchev–Trinajstić information content (AvgIpc) is 3.12. The minimum atomic E-state index is 0.0425. The second-order valence-corrected chi connectivity index (χ2v) is 5.10. The van der Waals surface area contributed by atoms with Gasteiger partial charge >= 0.3 is 0 Å². The van der Waals surface area contributed by atoms with Crippen molar-refractivity contribution in [3.63, 3.8) is 0 Å². The Kier molecular flexibility index (Phi) is 3.36. The van der Waals surface area contributed by atoms with Crippen LogP contribution in [-0.2, 0) is 0 Å². The highest BCUT2D eigenvalue weighted by Gasteiger charge is 2.17. The van der Waals surface area contributed by atoms with Crippen molar-refractivity contribution in [2.75, 3.05) is 0 Å². The lowest BCUT2D eigenvalue weighted by Gasteiger charge is -2.12. The number of nitrogens with zero attached hydrogens (tertiary/aromatic N) is 1. The molecule has 19 heavy (non-hydrogen) atoms. The Morgan fingerprint density at radius 1 is 1.11 bits per heavy atom. The Bertz CT molecular complexity index is 554. The van der Waals surface area contributed by atoms with Crippen LogP contribution in [0.5, 0.6) is 0 Å². The van der Waals surface area contributed by atoms with Crippen molar-refractivity contribution in [1.29, 1.82) is 0 Å². The van der Waals surface area contributed by atoms with Crippen molar-refractivity contribution in [3.05, 3.63) is 54.4 Å². The normalized spacial score (nSPS) is 15.6. The molecule has 0 saturated heterocycles. The number of benzene rings is 1. The standard InChI is InChI=1S/C16H18N2O/c19-16(17-14-7-1-2-8-14)13-6-5-9-15(12-13)18-10-3-4-11-18/h3-6,9-12,14H,1-2,7-8H2,(H,17,19). The Balaban J connectivity index is 1.77. The third-order valence-electron chi connectivity index (χ3n) is 3.70. The summed E-state index contributed by atoms with van der Waals surface area (Å²) in [5, 5.41) is 3.12. The first kappa shape index (κ1) is 12.0. The highest BCUT2D eigenvalue weighted by Crippen LogP contribution is 2.18. The third kappa shape index (κ3) is 2.70. The van der Waals surface area contributed by atoms with E-state index >= 15 is 0 Å². The van der Waals surface area contributed by atoms with Crippen molar-refractivity contribution in [2.45, 2.75) is 31.7 Å². The van der Waals surface area contributed by atoms with E-state index in [9.17, 15) is 4.79 Å². The molecule has 3 rings (SSSR count). The van der Waals surface area contributed by atoms with E-state index in [4.69, 9.17) is 0 Å². The van der Waals surface area contributed by atoms with Crippen molar-refractivity contribution < 1.29 is 4.79 Å². The third-order valence-corrected chi connectivity index (χ3v) is 3.70. The summed E-state index contributed by atoms with van der Waals surface area (Å²) in [6, 6.07) is 12.1. The topological polar surface area (TPSA) is 34.0 Å². The number of aromatic nitrogens is 1. The van der Waals surface area contributed by atoms with E-state index in [1.807, 2.05) is 53.4 Å². The lowest BCUT2D eigenvalue weighted by Crippen LogP contribution is -2.32. The van der Waals surface area contributed by atoms with Gasteiger partial charge in [-0.2, -0.15) is 0 Å². The number of hydrogen-bond donors (Lipinski definition) is 1. The van der Waals surface area contributed by atoms with Gasteiger partial charge in [-0.15, -0.1) is 0 Å². The molecule has 98 valence electrons. The van der Waals surface area contributed by atoms with E-state index in [1.165, 1.54) is 12.8 Å². The van der Waals surface area contributed by atoms with Crippen LogP contribution in [0.2, 0.25) is 0 Å². The van der Waals surface area contributed by atoms with E-state index < -0.39 is 0 Å². The van der Waals surface area contributed by atoms with Gasteiger partial charge in [0.15, 0.2) is 0 Å². The summed E-state index contributed by atoms with van der Waals surface area (Å²) >= 11 is 0. The molecule has 3 nitrogen and oxygen atoms in total. The van der Waals surface area contributed by atoms with E-state index in [0.29, 0.717) is 6.04 Å². The molecule has 1 aromatic heterocycles. The molecule has 1 N–H and O–H groups in total. The maximum atomic E-state index is 12.2. The van der Waals surface area contributed by atoms with Crippen molar-refractivity contribution in [1.82, 2.24) is 9.88 Å². The summed E-state index contributed by atoms with van der Waals surface area (Å²) in [5.41, 5.74) is 1.75. The van der Waals surface area contributed by atoms with Crippen molar-refractivity contribution in [2.24, 2.45) is 0 Å². The van der Waals surface area contributed by atoms with Gasteiger partial charge in [0.1, 0.15) is 0 Å². The van der Waals surface area contributed by atoms with Crippen LogP contribution < -0.4 is 5.32 Å². The molecule has 0 spiro atoms. The summed E-state index contributed by atoms with van der Waals surface area (Å²) in [7, 11) is 0. The van der Waals surface area contributed by atoms with Gasteiger partial charge < -0.3 is 9.88 Å². The molecule has 1 aliphatic rings. The summed E-state index contributed by atoms with van der Waals surface area (Å²) in [6.45, 7) is 0. The lowest BCUT2D eigenvalue weighted by molar-refractivity contribution is 0.0938. The SMILES string of the molecule is O=C(NC1CCCC1)c1cccc(-n2cccc2)c1. The monoisotopic (exact) mass is 254 g/mol. The second kappa shape index (κ2) is 5.31. The summed E-state index contributed by atoms with van der Waals surface area (Å²) in [4.78, 5) is 12.2. The molecule has 0 unspecified atom stereocenters. The molecular weight excluding hydrogens is 236 g/mol. The smallest absolute Gasteiger partial charge is 0.251 e.